The van der Waals surface area contributed by atoms with Gasteiger partial charge in [-0.2, -0.15) is 0 Å². The van der Waals surface area contributed by atoms with Crippen molar-refractivity contribution in [3.05, 3.63) is 22.8 Å². The molecule has 1 aliphatic heterocycles. The number of hydrogen-bond acceptors (Lipinski definition) is 1. The molecular formula is C13H22O. The highest BCUT2D eigenvalue weighted by molar-refractivity contribution is 5.31. The van der Waals surface area contributed by atoms with Crippen molar-refractivity contribution in [2.75, 3.05) is 6.61 Å². The summed E-state index contributed by atoms with van der Waals surface area (Å²) in [4.78, 5) is 0. The van der Waals surface area contributed by atoms with Gasteiger partial charge in [0.2, 0.25) is 0 Å². The molecule has 0 fully saturated rings. The Morgan fingerprint density at radius 3 is 2.64 bits per heavy atom. The summed E-state index contributed by atoms with van der Waals surface area (Å²) in [7, 11) is 0. The summed E-state index contributed by atoms with van der Waals surface area (Å²) >= 11 is 0. The molecule has 0 aromatic rings. The van der Waals surface area contributed by atoms with Crippen LogP contribution >= 0.6 is 0 Å². The normalized spacial score (nSPS) is 23.4. The molecule has 0 saturated carbocycles. The van der Waals surface area contributed by atoms with Crippen LogP contribution < -0.4 is 0 Å². The Morgan fingerprint density at radius 2 is 2.14 bits per heavy atom. The van der Waals surface area contributed by atoms with E-state index in [0.29, 0.717) is 6.10 Å². The summed E-state index contributed by atoms with van der Waals surface area (Å²) in [6, 6.07) is 0. The van der Waals surface area contributed by atoms with Crippen molar-refractivity contribution < 1.29 is 4.74 Å². The van der Waals surface area contributed by atoms with Gasteiger partial charge in [0.15, 0.2) is 0 Å². The molecule has 0 saturated heterocycles. The number of allylic oxidation sites excluding steroid dienone is 1. The van der Waals surface area contributed by atoms with Crippen LogP contribution in [0.25, 0.3) is 0 Å². The second-order valence-electron chi connectivity index (χ2n) is 3.89. The topological polar surface area (TPSA) is 9.23 Å². The second-order valence-corrected chi connectivity index (χ2v) is 3.89. The fourth-order valence-corrected chi connectivity index (χ4v) is 2.14. The highest BCUT2D eigenvalue weighted by atomic mass is 16.5. The van der Waals surface area contributed by atoms with Crippen LogP contribution in [0.2, 0.25) is 0 Å². The van der Waals surface area contributed by atoms with Gasteiger partial charge in [-0.1, -0.05) is 26.8 Å². The van der Waals surface area contributed by atoms with Crippen LogP contribution in [0.5, 0.6) is 0 Å². The quantitative estimate of drug-likeness (QED) is 0.617. The fourth-order valence-electron chi connectivity index (χ4n) is 2.14. The smallest absolute Gasteiger partial charge is 0.100 e. The molecule has 0 aromatic carbocycles. The molecule has 0 amide bonds. The summed E-state index contributed by atoms with van der Waals surface area (Å²) in [5.41, 5.74) is 4.40. The van der Waals surface area contributed by atoms with Crippen LogP contribution in [0.4, 0.5) is 0 Å². The highest BCUT2D eigenvalue weighted by Crippen LogP contribution is 2.30. The summed E-state index contributed by atoms with van der Waals surface area (Å²) in [5.74, 6) is 0. The van der Waals surface area contributed by atoms with Crippen LogP contribution in [0, 0.1) is 0 Å². The van der Waals surface area contributed by atoms with Gasteiger partial charge in [0.25, 0.3) is 0 Å². The summed E-state index contributed by atoms with van der Waals surface area (Å²) < 4.78 is 5.83. The van der Waals surface area contributed by atoms with Crippen molar-refractivity contribution in [1.29, 1.82) is 0 Å². The third-order valence-electron chi connectivity index (χ3n) is 2.92. The molecule has 0 radical (unpaired) electrons. The molecule has 1 atom stereocenters. The first kappa shape index (κ1) is 11.5. The molecule has 14 heavy (non-hydrogen) atoms. The average molecular weight is 194 g/mol. The van der Waals surface area contributed by atoms with E-state index in [1.54, 1.807) is 0 Å². The second kappa shape index (κ2) is 5.35. The van der Waals surface area contributed by atoms with Crippen LogP contribution in [-0.4, -0.2) is 12.7 Å². The van der Waals surface area contributed by atoms with Crippen LogP contribution in [-0.2, 0) is 4.74 Å². The molecule has 1 heterocycles. The zero-order valence-electron chi connectivity index (χ0n) is 9.89. The maximum absolute atomic E-state index is 5.83. The first-order valence-corrected chi connectivity index (χ1v) is 5.73. The molecule has 1 heteroatoms. The van der Waals surface area contributed by atoms with Crippen molar-refractivity contribution in [1.82, 2.24) is 0 Å². The maximum atomic E-state index is 5.83. The summed E-state index contributed by atoms with van der Waals surface area (Å²) in [6.07, 6.45) is 5.95. The Hall–Kier alpha value is -0.560. The number of rotatable bonds is 4. The lowest BCUT2D eigenvalue weighted by molar-refractivity contribution is 0.141. The van der Waals surface area contributed by atoms with E-state index in [-0.39, 0.29) is 0 Å². The molecule has 1 rings (SSSR count). The predicted molar refractivity (Wildman–Crippen MR) is 61.4 cm³/mol. The van der Waals surface area contributed by atoms with E-state index in [2.05, 4.69) is 33.8 Å². The van der Waals surface area contributed by atoms with E-state index in [1.165, 1.54) is 16.7 Å². The molecule has 0 bridgehead atoms. The Morgan fingerprint density at radius 1 is 1.43 bits per heavy atom. The van der Waals surface area contributed by atoms with Gasteiger partial charge in [0, 0.05) is 0 Å². The lowest BCUT2D eigenvalue weighted by Gasteiger charge is -2.16. The zero-order chi connectivity index (χ0) is 10.6. The third kappa shape index (κ3) is 2.27. The van der Waals surface area contributed by atoms with Gasteiger partial charge in [-0.3, -0.25) is 0 Å². The first-order chi connectivity index (χ1) is 6.74. The van der Waals surface area contributed by atoms with Gasteiger partial charge in [0.05, 0.1) is 6.61 Å². The predicted octanol–water partition coefficient (Wildman–Crippen LogP) is 3.86. The Bertz CT molecular complexity index is 248. The molecule has 0 aromatic heterocycles. The van der Waals surface area contributed by atoms with Crippen molar-refractivity contribution in [2.45, 2.75) is 53.1 Å². The van der Waals surface area contributed by atoms with Gasteiger partial charge in [-0.05, 0) is 42.9 Å². The SMILES string of the molecule is CC/C=C(/CC)[C@H]1OCC(C)=C1CC. The van der Waals surface area contributed by atoms with E-state index in [9.17, 15) is 0 Å². The van der Waals surface area contributed by atoms with Gasteiger partial charge in [0.1, 0.15) is 6.10 Å². The zero-order valence-corrected chi connectivity index (χ0v) is 9.89. The first-order valence-electron chi connectivity index (χ1n) is 5.73. The Kier molecular flexibility index (Phi) is 4.40. The lowest BCUT2D eigenvalue weighted by atomic mass is 9.95. The largest absolute Gasteiger partial charge is 0.365 e. The highest BCUT2D eigenvalue weighted by Gasteiger charge is 2.24. The maximum Gasteiger partial charge on any atom is 0.100 e. The monoisotopic (exact) mass is 194 g/mol. The van der Waals surface area contributed by atoms with Gasteiger partial charge < -0.3 is 4.74 Å². The third-order valence-corrected chi connectivity index (χ3v) is 2.92. The summed E-state index contributed by atoms with van der Waals surface area (Å²) in [6.45, 7) is 9.64. The minimum atomic E-state index is 0.296. The molecule has 1 nitrogen and oxygen atoms in total. The molecule has 1 aliphatic rings. The fraction of sp³-hybridized carbons (Fsp3) is 0.692. The molecule has 0 N–H and O–H groups in total. The van der Waals surface area contributed by atoms with Gasteiger partial charge >= 0.3 is 0 Å². The van der Waals surface area contributed by atoms with Crippen molar-refractivity contribution in [3.63, 3.8) is 0 Å². The molecular weight excluding hydrogens is 172 g/mol. The Labute approximate surface area is 87.8 Å². The standard InChI is InChI=1S/C13H22O/c1-5-8-11(6-2)13-12(7-3)10(4)9-14-13/h8,13H,5-7,9H2,1-4H3/b11-8-/t13-/m1/s1. The van der Waals surface area contributed by atoms with Crippen molar-refractivity contribution >= 4 is 0 Å². The van der Waals surface area contributed by atoms with Gasteiger partial charge in [-0.25, -0.2) is 0 Å². The average Bonchev–Trinajstić information content (AvgIpc) is 2.56. The van der Waals surface area contributed by atoms with E-state index >= 15 is 0 Å². The molecule has 0 unspecified atom stereocenters. The molecule has 0 spiro atoms. The van der Waals surface area contributed by atoms with Crippen molar-refractivity contribution in [3.8, 4) is 0 Å². The molecule has 80 valence electrons. The van der Waals surface area contributed by atoms with Crippen LogP contribution in [0.15, 0.2) is 22.8 Å². The lowest BCUT2D eigenvalue weighted by Crippen LogP contribution is -2.13. The minimum Gasteiger partial charge on any atom is -0.365 e. The van der Waals surface area contributed by atoms with Gasteiger partial charge in [-0.15, -0.1) is 0 Å². The summed E-state index contributed by atoms with van der Waals surface area (Å²) in [5, 5.41) is 0. The van der Waals surface area contributed by atoms with E-state index < -0.39 is 0 Å². The number of ether oxygens (including phenoxy) is 1. The van der Waals surface area contributed by atoms with E-state index in [4.69, 9.17) is 4.74 Å². The van der Waals surface area contributed by atoms with Crippen LogP contribution in [0.3, 0.4) is 0 Å². The van der Waals surface area contributed by atoms with E-state index in [0.717, 1.165) is 25.9 Å². The minimum absolute atomic E-state index is 0.296. The Balaban J connectivity index is 2.83. The van der Waals surface area contributed by atoms with Crippen molar-refractivity contribution in [2.24, 2.45) is 0 Å². The number of hydrogen-bond donors (Lipinski definition) is 0. The van der Waals surface area contributed by atoms with E-state index in [1.807, 2.05) is 0 Å². The van der Waals surface area contributed by atoms with Crippen LogP contribution in [0.1, 0.15) is 47.0 Å². The molecule has 0 aliphatic carbocycles.